The van der Waals surface area contributed by atoms with Crippen molar-refractivity contribution in [2.45, 2.75) is 26.8 Å². The van der Waals surface area contributed by atoms with E-state index in [2.05, 4.69) is 9.97 Å². The molecule has 1 aliphatic rings. The standard InChI is InChI=1S/C22H17F4N3O3/c1-22(2,3)20(31)15-18(14-16(25)10(23)7-11(24)17(14)26)29(21(32)19(15)30)9-4-5-12-13(6-9)28-8-27-12/h4-8,15,18H,1-3H3,(H,27,28). The van der Waals surface area contributed by atoms with Crippen molar-refractivity contribution in [2.24, 2.45) is 11.3 Å². The van der Waals surface area contributed by atoms with E-state index in [4.69, 9.17) is 0 Å². The predicted molar refractivity (Wildman–Crippen MR) is 106 cm³/mol. The van der Waals surface area contributed by atoms with Crippen LogP contribution in [0.5, 0.6) is 0 Å². The van der Waals surface area contributed by atoms with Crippen LogP contribution >= 0.6 is 0 Å². The first-order chi connectivity index (χ1) is 14.9. The number of H-pyrrole nitrogens is 1. The summed E-state index contributed by atoms with van der Waals surface area (Å²) in [6.07, 6.45) is 1.37. The number of anilines is 1. The van der Waals surface area contributed by atoms with Gasteiger partial charge in [0.25, 0.3) is 5.91 Å². The molecular formula is C22H17F4N3O3. The van der Waals surface area contributed by atoms with Crippen LogP contribution in [0, 0.1) is 34.6 Å². The Bertz CT molecular complexity index is 1270. The monoisotopic (exact) mass is 447 g/mol. The van der Waals surface area contributed by atoms with E-state index < -0.39 is 63.7 Å². The first-order valence-corrected chi connectivity index (χ1v) is 9.61. The molecule has 2 unspecified atom stereocenters. The van der Waals surface area contributed by atoms with Gasteiger partial charge in [0.05, 0.1) is 29.0 Å². The zero-order valence-corrected chi connectivity index (χ0v) is 17.2. The second kappa shape index (κ2) is 7.25. The Kier molecular flexibility index (Phi) is 4.91. The first-order valence-electron chi connectivity index (χ1n) is 9.61. The van der Waals surface area contributed by atoms with Gasteiger partial charge in [-0.25, -0.2) is 22.5 Å². The summed E-state index contributed by atoms with van der Waals surface area (Å²) in [6, 6.07) is 2.32. The second-order valence-electron chi connectivity index (χ2n) is 8.56. The van der Waals surface area contributed by atoms with Gasteiger partial charge in [0, 0.05) is 17.2 Å². The zero-order valence-electron chi connectivity index (χ0n) is 17.2. The molecule has 6 nitrogen and oxygen atoms in total. The predicted octanol–water partition coefficient (Wildman–Crippen LogP) is 4.01. The van der Waals surface area contributed by atoms with Gasteiger partial charge in [0.15, 0.2) is 29.1 Å². The second-order valence-corrected chi connectivity index (χ2v) is 8.56. The van der Waals surface area contributed by atoms with E-state index in [-0.39, 0.29) is 11.8 Å². The van der Waals surface area contributed by atoms with E-state index in [0.29, 0.717) is 15.9 Å². The van der Waals surface area contributed by atoms with Crippen molar-refractivity contribution >= 4 is 34.2 Å². The summed E-state index contributed by atoms with van der Waals surface area (Å²) < 4.78 is 57.7. The van der Waals surface area contributed by atoms with Crippen molar-refractivity contribution in [1.29, 1.82) is 0 Å². The number of nitrogens with zero attached hydrogens (tertiary/aromatic N) is 2. The largest absolute Gasteiger partial charge is 0.345 e. The number of rotatable bonds is 3. The fourth-order valence-electron chi connectivity index (χ4n) is 3.90. The van der Waals surface area contributed by atoms with E-state index in [0.717, 1.165) is 0 Å². The number of aromatic amines is 1. The van der Waals surface area contributed by atoms with E-state index >= 15 is 0 Å². The number of hydrogen-bond donors (Lipinski definition) is 1. The summed E-state index contributed by atoms with van der Waals surface area (Å²) in [5, 5.41) is 0. The molecule has 2 aromatic carbocycles. The van der Waals surface area contributed by atoms with Crippen LogP contribution in [0.1, 0.15) is 32.4 Å². The first kappa shape index (κ1) is 21.7. The SMILES string of the molecule is CC(C)(C)C(=O)C1C(=O)C(=O)N(c2ccc3nc[nH]c3c2)C1c1c(F)c(F)cc(F)c1F. The van der Waals surface area contributed by atoms with Gasteiger partial charge >= 0.3 is 0 Å². The van der Waals surface area contributed by atoms with Crippen LogP contribution in [0.3, 0.4) is 0 Å². The number of carbonyl (C=O) groups is 3. The topological polar surface area (TPSA) is 83.1 Å². The van der Waals surface area contributed by atoms with Crippen molar-refractivity contribution in [3.8, 4) is 0 Å². The summed E-state index contributed by atoms with van der Waals surface area (Å²) in [6.45, 7) is 4.38. The molecule has 10 heteroatoms. The zero-order chi connectivity index (χ0) is 23.5. The molecule has 1 saturated heterocycles. The summed E-state index contributed by atoms with van der Waals surface area (Å²) >= 11 is 0. The molecule has 1 N–H and O–H groups in total. The number of carbonyl (C=O) groups excluding carboxylic acids is 3. The van der Waals surface area contributed by atoms with Crippen LogP contribution in [0.4, 0.5) is 23.2 Å². The number of aromatic nitrogens is 2. The highest BCUT2D eigenvalue weighted by Crippen LogP contribution is 2.45. The Hall–Kier alpha value is -3.56. The molecule has 0 saturated carbocycles. The summed E-state index contributed by atoms with van der Waals surface area (Å²) in [5.41, 5.74) is -1.47. The Morgan fingerprint density at radius 3 is 2.25 bits per heavy atom. The van der Waals surface area contributed by atoms with Gasteiger partial charge in [-0.05, 0) is 18.2 Å². The van der Waals surface area contributed by atoms with E-state index in [1.54, 1.807) is 0 Å². The Balaban J connectivity index is 2.01. The molecular weight excluding hydrogens is 430 g/mol. The highest BCUT2D eigenvalue weighted by Gasteiger charge is 2.56. The van der Waals surface area contributed by atoms with E-state index in [1.165, 1.54) is 45.3 Å². The maximum Gasteiger partial charge on any atom is 0.295 e. The van der Waals surface area contributed by atoms with Crippen molar-refractivity contribution in [1.82, 2.24) is 9.97 Å². The molecule has 2 heterocycles. The minimum Gasteiger partial charge on any atom is -0.345 e. The number of hydrogen-bond acceptors (Lipinski definition) is 4. The maximum atomic E-state index is 14.8. The smallest absolute Gasteiger partial charge is 0.295 e. The molecule has 4 rings (SSSR count). The van der Waals surface area contributed by atoms with Crippen molar-refractivity contribution in [3.05, 3.63) is 59.4 Å². The molecule has 0 aliphatic carbocycles. The molecule has 1 fully saturated rings. The minimum atomic E-state index is -1.92. The molecule has 0 spiro atoms. The molecule has 32 heavy (non-hydrogen) atoms. The average molecular weight is 447 g/mol. The molecule has 2 atom stereocenters. The van der Waals surface area contributed by atoms with Crippen molar-refractivity contribution in [3.63, 3.8) is 0 Å². The molecule has 1 aliphatic heterocycles. The van der Waals surface area contributed by atoms with Crippen LogP contribution in [-0.4, -0.2) is 27.4 Å². The van der Waals surface area contributed by atoms with Crippen LogP contribution in [0.2, 0.25) is 0 Å². The van der Waals surface area contributed by atoms with Crippen molar-refractivity contribution in [2.75, 3.05) is 4.90 Å². The van der Waals surface area contributed by atoms with Gasteiger partial charge in [-0.2, -0.15) is 0 Å². The lowest BCUT2D eigenvalue weighted by Crippen LogP contribution is -2.37. The average Bonchev–Trinajstić information content (AvgIpc) is 3.28. The molecule has 0 radical (unpaired) electrons. The molecule has 166 valence electrons. The lowest BCUT2D eigenvalue weighted by molar-refractivity contribution is -0.141. The summed E-state index contributed by atoms with van der Waals surface area (Å²) in [7, 11) is 0. The third-order valence-corrected chi connectivity index (χ3v) is 5.45. The molecule has 0 bridgehead atoms. The molecule has 3 aromatic rings. The summed E-state index contributed by atoms with van der Waals surface area (Å²) in [4.78, 5) is 46.5. The molecule has 1 aromatic heterocycles. The van der Waals surface area contributed by atoms with Gasteiger partial charge in [-0.15, -0.1) is 0 Å². The number of benzene rings is 2. The third kappa shape index (κ3) is 3.17. The lowest BCUT2D eigenvalue weighted by atomic mass is 9.77. The summed E-state index contributed by atoms with van der Waals surface area (Å²) in [5.74, 6) is -12.1. The minimum absolute atomic E-state index is 0.00206. The van der Waals surface area contributed by atoms with E-state index in [1.807, 2.05) is 0 Å². The lowest BCUT2D eigenvalue weighted by Gasteiger charge is -2.30. The van der Waals surface area contributed by atoms with Gasteiger partial charge < -0.3 is 4.98 Å². The fraction of sp³-hybridized carbons (Fsp3) is 0.273. The van der Waals surface area contributed by atoms with Crippen LogP contribution in [0.15, 0.2) is 30.6 Å². The maximum absolute atomic E-state index is 14.8. The molecule has 1 amide bonds. The Morgan fingerprint density at radius 2 is 1.66 bits per heavy atom. The Morgan fingerprint density at radius 1 is 1.03 bits per heavy atom. The van der Waals surface area contributed by atoms with Crippen molar-refractivity contribution < 1.29 is 31.9 Å². The highest BCUT2D eigenvalue weighted by molar-refractivity contribution is 6.48. The van der Waals surface area contributed by atoms with Gasteiger partial charge in [-0.1, -0.05) is 20.8 Å². The highest BCUT2D eigenvalue weighted by atomic mass is 19.2. The van der Waals surface area contributed by atoms with Crippen LogP contribution in [0.25, 0.3) is 11.0 Å². The van der Waals surface area contributed by atoms with Crippen LogP contribution in [-0.2, 0) is 14.4 Å². The van der Waals surface area contributed by atoms with Gasteiger partial charge in [-0.3, -0.25) is 19.3 Å². The van der Waals surface area contributed by atoms with Gasteiger partial charge in [0.1, 0.15) is 5.92 Å². The quantitative estimate of drug-likeness (QED) is 0.285. The number of amides is 1. The number of imidazole rings is 1. The normalized spacial score (nSPS) is 19.3. The number of fused-ring (bicyclic) bond motifs is 1. The third-order valence-electron chi connectivity index (χ3n) is 5.45. The van der Waals surface area contributed by atoms with E-state index in [9.17, 15) is 31.9 Å². The number of halogens is 4. The fourth-order valence-corrected chi connectivity index (χ4v) is 3.90. The van der Waals surface area contributed by atoms with Crippen LogP contribution < -0.4 is 4.90 Å². The number of nitrogens with one attached hydrogen (secondary N) is 1. The Labute approximate surface area is 179 Å². The van der Waals surface area contributed by atoms with Gasteiger partial charge in [0.2, 0.25) is 5.78 Å². The number of Topliss-reactive ketones (excluding diaryl/α,β-unsaturated/α-hetero) is 2. The number of ketones is 2.